The molecule has 21 heavy (non-hydrogen) atoms. The first-order chi connectivity index (χ1) is 10.0. The Morgan fingerprint density at radius 2 is 2.10 bits per heavy atom. The molecule has 0 saturated carbocycles. The van der Waals surface area contributed by atoms with Crippen molar-refractivity contribution in [2.45, 2.75) is 52.3 Å². The number of hydrogen-bond acceptors (Lipinski definition) is 3. The lowest BCUT2D eigenvalue weighted by atomic mass is 10.2. The summed E-state index contributed by atoms with van der Waals surface area (Å²) in [5.74, 6) is 0.808. The maximum atomic E-state index is 11.8. The molecule has 2 atom stereocenters. The summed E-state index contributed by atoms with van der Waals surface area (Å²) in [6.07, 6.45) is 0.865. The molecule has 0 aliphatic carbocycles. The highest BCUT2D eigenvalue weighted by molar-refractivity contribution is 5.78. The second-order valence-corrected chi connectivity index (χ2v) is 5.46. The fourth-order valence-corrected chi connectivity index (χ4v) is 2.49. The van der Waals surface area contributed by atoms with Gasteiger partial charge < -0.3 is 15.0 Å². The molecule has 5 heteroatoms. The van der Waals surface area contributed by atoms with E-state index in [1.165, 1.54) is 0 Å². The number of para-hydroxylation sites is 2. The molecule has 0 aliphatic heterocycles. The van der Waals surface area contributed by atoms with Crippen LogP contribution in [0.4, 0.5) is 0 Å². The van der Waals surface area contributed by atoms with Crippen molar-refractivity contribution >= 4 is 16.9 Å². The van der Waals surface area contributed by atoms with Gasteiger partial charge in [0.1, 0.15) is 5.82 Å². The molecule has 0 bridgehead atoms. The van der Waals surface area contributed by atoms with Crippen LogP contribution in [-0.2, 0) is 11.3 Å². The summed E-state index contributed by atoms with van der Waals surface area (Å²) >= 11 is 0. The fraction of sp³-hybridized carbons (Fsp3) is 0.500. The average Bonchev–Trinajstić information content (AvgIpc) is 2.77. The molecule has 114 valence electrons. The van der Waals surface area contributed by atoms with E-state index in [-0.39, 0.29) is 11.9 Å². The van der Waals surface area contributed by atoms with Crippen molar-refractivity contribution < 1.29 is 9.90 Å². The first-order valence-corrected chi connectivity index (χ1v) is 7.45. The molecule has 1 aromatic carbocycles. The minimum Gasteiger partial charge on any atom is -0.392 e. The van der Waals surface area contributed by atoms with Crippen molar-refractivity contribution in [2.75, 3.05) is 0 Å². The summed E-state index contributed by atoms with van der Waals surface area (Å²) in [6, 6.07) is 7.63. The van der Waals surface area contributed by atoms with Gasteiger partial charge in [-0.25, -0.2) is 4.98 Å². The van der Waals surface area contributed by atoms with E-state index < -0.39 is 6.10 Å². The van der Waals surface area contributed by atoms with E-state index in [0.717, 1.165) is 23.3 Å². The molecular formula is C16H23N3O2. The highest BCUT2D eigenvalue weighted by atomic mass is 16.3. The first-order valence-electron chi connectivity index (χ1n) is 7.45. The van der Waals surface area contributed by atoms with Crippen LogP contribution in [0.3, 0.4) is 0 Å². The summed E-state index contributed by atoms with van der Waals surface area (Å²) < 4.78 is 1.98. The van der Waals surface area contributed by atoms with E-state index >= 15 is 0 Å². The Hall–Kier alpha value is -1.88. The monoisotopic (exact) mass is 289 g/mol. The molecule has 2 aromatic rings. The van der Waals surface area contributed by atoms with Crippen molar-refractivity contribution in [3.05, 3.63) is 30.1 Å². The summed E-state index contributed by atoms with van der Waals surface area (Å²) in [6.45, 7) is 6.11. The van der Waals surface area contributed by atoms with E-state index in [4.69, 9.17) is 0 Å². The van der Waals surface area contributed by atoms with Gasteiger partial charge in [-0.2, -0.15) is 0 Å². The Bertz CT molecular complexity index is 619. The molecule has 0 aliphatic rings. The number of carbonyl (C=O) groups is 1. The van der Waals surface area contributed by atoms with Crippen LogP contribution in [0.1, 0.15) is 45.5 Å². The third-order valence-electron chi connectivity index (χ3n) is 3.37. The van der Waals surface area contributed by atoms with Crippen molar-refractivity contribution in [2.24, 2.45) is 0 Å². The van der Waals surface area contributed by atoms with Gasteiger partial charge >= 0.3 is 0 Å². The van der Waals surface area contributed by atoms with Gasteiger partial charge in [-0.1, -0.05) is 19.1 Å². The zero-order chi connectivity index (χ0) is 15.4. The van der Waals surface area contributed by atoms with Crippen LogP contribution >= 0.6 is 0 Å². The number of nitrogens with zero attached hydrogens (tertiary/aromatic N) is 2. The molecule has 0 saturated heterocycles. The third-order valence-corrected chi connectivity index (χ3v) is 3.37. The maximum Gasteiger partial charge on any atom is 0.220 e. The predicted octanol–water partition coefficient (Wildman–Crippen LogP) is 2.39. The van der Waals surface area contributed by atoms with E-state index in [2.05, 4.69) is 10.3 Å². The Morgan fingerprint density at radius 3 is 2.76 bits per heavy atom. The normalized spacial score (nSPS) is 14.1. The van der Waals surface area contributed by atoms with Gasteiger partial charge in [0.2, 0.25) is 5.91 Å². The third kappa shape index (κ3) is 3.61. The molecule has 0 radical (unpaired) electrons. The number of amides is 1. The number of imidazole rings is 1. The Morgan fingerprint density at radius 1 is 1.38 bits per heavy atom. The van der Waals surface area contributed by atoms with Gasteiger partial charge in [0.15, 0.2) is 0 Å². The van der Waals surface area contributed by atoms with Gasteiger partial charge in [0.05, 0.1) is 29.7 Å². The van der Waals surface area contributed by atoms with Crippen molar-refractivity contribution in [1.29, 1.82) is 0 Å². The van der Waals surface area contributed by atoms with E-state index in [1.807, 2.05) is 42.7 Å². The van der Waals surface area contributed by atoms with Crippen molar-refractivity contribution in [1.82, 2.24) is 14.9 Å². The summed E-state index contributed by atoms with van der Waals surface area (Å²) in [4.78, 5) is 16.4. The van der Waals surface area contributed by atoms with Gasteiger partial charge in [0.25, 0.3) is 0 Å². The predicted molar refractivity (Wildman–Crippen MR) is 82.9 cm³/mol. The molecule has 2 N–H and O–H groups in total. The van der Waals surface area contributed by atoms with E-state index in [1.54, 1.807) is 6.92 Å². The van der Waals surface area contributed by atoms with Crippen molar-refractivity contribution in [3.63, 3.8) is 0 Å². The molecule has 5 nitrogen and oxygen atoms in total. The van der Waals surface area contributed by atoms with Crippen LogP contribution in [0.15, 0.2) is 24.3 Å². The Labute approximate surface area is 125 Å². The summed E-state index contributed by atoms with van der Waals surface area (Å²) in [7, 11) is 0. The SMILES string of the molecule is CCCC(=O)N[C@@H](C)c1nc2ccccc2n1C[C@H](C)O. The quantitative estimate of drug-likeness (QED) is 0.858. The van der Waals surface area contributed by atoms with Crippen molar-refractivity contribution in [3.8, 4) is 0 Å². The van der Waals surface area contributed by atoms with Crippen LogP contribution in [0, 0.1) is 0 Å². The smallest absolute Gasteiger partial charge is 0.220 e. The largest absolute Gasteiger partial charge is 0.392 e. The fourth-order valence-electron chi connectivity index (χ4n) is 2.49. The van der Waals surface area contributed by atoms with E-state index in [0.29, 0.717) is 13.0 Å². The molecule has 1 heterocycles. The minimum absolute atomic E-state index is 0.0284. The summed E-state index contributed by atoms with van der Waals surface area (Å²) in [5.41, 5.74) is 1.86. The zero-order valence-electron chi connectivity index (χ0n) is 12.8. The van der Waals surface area contributed by atoms with Gasteiger partial charge in [0, 0.05) is 6.42 Å². The van der Waals surface area contributed by atoms with Crippen LogP contribution < -0.4 is 5.32 Å². The number of aliphatic hydroxyl groups is 1. The van der Waals surface area contributed by atoms with Crippen LogP contribution in [0.25, 0.3) is 11.0 Å². The standard InChI is InChI=1S/C16H23N3O2/c1-4-7-15(21)17-12(3)16-18-13-8-5-6-9-14(13)19(16)10-11(2)20/h5-6,8-9,11-12,20H,4,7,10H2,1-3H3,(H,17,21)/t11-,12-/m0/s1. The summed E-state index contributed by atoms with van der Waals surface area (Å²) in [5, 5.41) is 12.7. The second-order valence-electron chi connectivity index (χ2n) is 5.46. The number of hydrogen-bond donors (Lipinski definition) is 2. The van der Waals surface area contributed by atoms with Gasteiger partial charge in [-0.05, 0) is 32.4 Å². The Kier molecular flexibility index (Phi) is 4.96. The number of fused-ring (bicyclic) bond motifs is 1. The lowest BCUT2D eigenvalue weighted by molar-refractivity contribution is -0.121. The maximum absolute atomic E-state index is 11.8. The zero-order valence-corrected chi connectivity index (χ0v) is 12.8. The van der Waals surface area contributed by atoms with Crippen LogP contribution in [-0.4, -0.2) is 26.7 Å². The molecule has 0 spiro atoms. The average molecular weight is 289 g/mol. The van der Waals surface area contributed by atoms with Crippen LogP contribution in [0.5, 0.6) is 0 Å². The number of benzene rings is 1. The number of nitrogens with one attached hydrogen (secondary N) is 1. The molecule has 0 fully saturated rings. The molecule has 0 unspecified atom stereocenters. The molecule has 1 aromatic heterocycles. The lowest BCUT2D eigenvalue weighted by Crippen LogP contribution is -2.29. The topological polar surface area (TPSA) is 67.2 Å². The molecular weight excluding hydrogens is 266 g/mol. The number of aromatic nitrogens is 2. The molecule has 2 rings (SSSR count). The molecule has 1 amide bonds. The van der Waals surface area contributed by atoms with Crippen LogP contribution in [0.2, 0.25) is 0 Å². The lowest BCUT2D eigenvalue weighted by Gasteiger charge is -2.17. The minimum atomic E-state index is -0.472. The highest BCUT2D eigenvalue weighted by Crippen LogP contribution is 2.21. The second kappa shape index (κ2) is 6.72. The van der Waals surface area contributed by atoms with E-state index in [9.17, 15) is 9.90 Å². The number of carbonyl (C=O) groups excluding carboxylic acids is 1. The van der Waals surface area contributed by atoms with Gasteiger partial charge in [-0.15, -0.1) is 0 Å². The number of aliphatic hydroxyl groups excluding tert-OH is 1. The number of rotatable bonds is 6. The van der Waals surface area contributed by atoms with Gasteiger partial charge in [-0.3, -0.25) is 4.79 Å². The first kappa shape index (κ1) is 15.5. The Balaban J connectivity index is 2.35. The highest BCUT2D eigenvalue weighted by Gasteiger charge is 2.18.